The number of fused-ring (bicyclic) bond motifs is 3. The molecular weight excluding hydrogens is 623 g/mol. The van der Waals surface area contributed by atoms with Gasteiger partial charge in [-0.1, -0.05) is 17.7 Å². The van der Waals surface area contributed by atoms with Crippen LogP contribution in [0.3, 0.4) is 0 Å². The highest BCUT2D eigenvalue weighted by Gasteiger charge is 2.49. The summed E-state index contributed by atoms with van der Waals surface area (Å²) in [5, 5.41) is 14.0. The fraction of sp³-hybridized carbons (Fsp3) is 0.469. The molecule has 236 valence electrons. The maximum absolute atomic E-state index is 16.8. The summed E-state index contributed by atoms with van der Waals surface area (Å²) in [5.41, 5.74) is 5.76. The molecule has 2 aromatic heterocycles. The van der Waals surface area contributed by atoms with Crippen LogP contribution in [0, 0.1) is 23.0 Å². The fourth-order valence-corrected chi connectivity index (χ4v) is 8.64. The first-order valence-corrected chi connectivity index (χ1v) is 16.3. The van der Waals surface area contributed by atoms with Gasteiger partial charge in [0.1, 0.15) is 41.0 Å². The average molecular weight is 656 g/mol. The standard InChI is InChI=1S/C32H33ClF3N7OS/c1-42(2)31(7-3-8-31)15-39-29-19-11-21(33)24(18-5-6-22(35)27-23(18)20(13-37)28(38)45-27)25(36)26(19)40-30(41-29)44-16-32-9-4-10-43(32)14-17(34)12-32/h5-6,11,17H,3-4,7-10,12,14-16,38H2,1-2H3,(H,39,40,41)/t17-,32+/m1/s1. The fourth-order valence-electron chi connectivity index (χ4n) is 7.39. The largest absolute Gasteiger partial charge is 0.461 e. The Hall–Kier alpha value is -3.37. The Morgan fingerprint density at radius 3 is 2.76 bits per heavy atom. The van der Waals surface area contributed by atoms with E-state index in [0.717, 1.165) is 50.0 Å². The van der Waals surface area contributed by atoms with Gasteiger partial charge in [0.2, 0.25) is 0 Å². The molecule has 2 saturated heterocycles. The molecule has 4 aromatic rings. The van der Waals surface area contributed by atoms with Gasteiger partial charge in [-0.25, -0.2) is 13.2 Å². The van der Waals surface area contributed by atoms with Crippen LogP contribution in [0.2, 0.25) is 5.02 Å². The third-order valence-electron chi connectivity index (χ3n) is 10.1. The monoisotopic (exact) mass is 655 g/mol. The van der Waals surface area contributed by atoms with Crippen molar-refractivity contribution < 1.29 is 17.9 Å². The number of alkyl halides is 1. The lowest BCUT2D eigenvalue weighted by molar-refractivity contribution is 0.0738. The first-order chi connectivity index (χ1) is 21.6. The maximum atomic E-state index is 16.8. The van der Waals surface area contributed by atoms with Crippen LogP contribution >= 0.6 is 22.9 Å². The molecule has 1 aliphatic carbocycles. The maximum Gasteiger partial charge on any atom is 0.319 e. The third kappa shape index (κ3) is 4.87. The van der Waals surface area contributed by atoms with Gasteiger partial charge >= 0.3 is 6.01 Å². The zero-order valence-corrected chi connectivity index (χ0v) is 26.6. The number of thiophene rings is 1. The van der Waals surface area contributed by atoms with E-state index < -0.39 is 23.3 Å². The molecule has 45 heavy (non-hydrogen) atoms. The van der Waals surface area contributed by atoms with Crippen molar-refractivity contribution in [1.29, 1.82) is 5.26 Å². The van der Waals surface area contributed by atoms with Gasteiger partial charge in [0, 0.05) is 41.4 Å². The summed E-state index contributed by atoms with van der Waals surface area (Å²) < 4.78 is 52.4. The molecule has 2 atom stereocenters. The quantitative estimate of drug-likeness (QED) is 0.215. The van der Waals surface area contributed by atoms with Crippen molar-refractivity contribution in [2.45, 2.75) is 55.8 Å². The van der Waals surface area contributed by atoms with Crippen LogP contribution in [0.4, 0.5) is 24.0 Å². The molecule has 8 nitrogen and oxygen atoms in total. The summed E-state index contributed by atoms with van der Waals surface area (Å²) in [6, 6.07) is 6.19. The Balaban J connectivity index is 1.36. The lowest BCUT2D eigenvalue weighted by atomic mass is 9.75. The molecule has 3 N–H and O–H groups in total. The minimum Gasteiger partial charge on any atom is -0.461 e. The van der Waals surface area contributed by atoms with Crippen molar-refractivity contribution >= 4 is 54.7 Å². The number of halogens is 4. The van der Waals surface area contributed by atoms with E-state index in [1.165, 1.54) is 12.1 Å². The molecule has 0 bridgehead atoms. The average Bonchev–Trinajstić information content (AvgIpc) is 3.62. The Morgan fingerprint density at radius 2 is 2.04 bits per heavy atom. The summed E-state index contributed by atoms with van der Waals surface area (Å²) in [6.07, 6.45) is 4.33. The predicted molar refractivity (Wildman–Crippen MR) is 172 cm³/mol. The van der Waals surface area contributed by atoms with Crippen molar-refractivity contribution in [2.24, 2.45) is 0 Å². The van der Waals surface area contributed by atoms with E-state index in [9.17, 15) is 14.0 Å². The number of hydrogen-bond donors (Lipinski definition) is 2. The van der Waals surface area contributed by atoms with E-state index in [1.54, 1.807) is 6.07 Å². The highest BCUT2D eigenvalue weighted by molar-refractivity contribution is 7.23. The number of hydrogen-bond acceptors (Lipinski definition) is 9. The van der Waals surface area contributed by atoms with Crippen LogP contribution in [0.1, 0.15) is 44.1 Å². The predicted octanol–water partition coefficient (Wildman–Crippen LogP) is 6.75. The zero-order valence-electron chi connectivity index (χ0n) is 25.0. The normalized spacial score (nSPS) is 22.6. The van der Waals surface area contributed by atoms with Gasteiger partial charge in [-0.2, -0.15) is 15.2 Å². The van der Waals surface area contributed by atoms with Crippen molar-refractivity contribution in [2.75, 3.05) is 51.4 Å². The molecule has 1 saturated carbocycles. The van der Waals surface area contributed by atoms with Crippen molar-refractivity contribution in [3.05, 3.63) is 40.4 Å². The molecule has 3 fully saturated rings. The number of rotatable bonds is 8. The van der Waals surface area contributed by atoms with Gasteiger partial charge in [-0.15, -0.1) is 11.3 Å². The second kappa shape index (κ2) is 11.2. The molecular formula is C32H33ClF3N7OS. The van der Waals surface area contributed by atoms with Crippen molar-refractivity contribution in [1.82, 2.24) is 19.8 Å². The van der Waals surface area contributed by atoms with E-state index in [-0.39, 0.29) is 60.5 Å². The van der Waals surface area contributed by atoms with Gasteiger partial charge in [0.05, 0.1) is 20.8 Å². The molecule has 3 aliphatic rings. The number of anilines is 2. The van der Waals surface area contributed by atoms with E-state index in [0.29, 0.717) is 30.7 Å². The minimum atomic E-state index is -0.924. The van der Waals surface area contributed by atoms with Gasteiger partial charge in [0.25, 0.3) is 0 Å². The Morgan fingerprint density at radius 1 is 1.24 bits per heavy atom. The lowest BCUT2D eigenvalue weighted by Gasteiger charge is -2.47. The Labute approximate surface area is 267 Å². The number of benzene rings is 2. The Bertz CT molecular complexity index is 1870. The molecule has 7 rings (SSSR count). The van der Waals surface area contributed by atoms with Crippen LogP contribution in [0.25, 0.3) is 32.1 Å². The number of ether oxygens (including phenoxy) is 1. The highest BCUT2D eigenvalue weighted by Crippen LogP contribution is 2.46. The van der Waals surface area contributed by atoms with Crippen LogP contribution in [-0.4, -0.2) is 77.4 Å². The summed E-state index contributed by atoms with van der Waals surface area (Å²) >= 11 is 7.72. The zero-order chi connectivity index (χ0) is 31.7. The molecule has 0 amide bonds. The minimum absolute atomic E-state index is 0.0283. The van der Waals surface area contributed by atoms with Gasteiger partial charge in [-0.05, 0) is 70.4 Å². The second-order valence-electron chi connectivity index (χ2n) is 12.7. The van der Waals surface area contributed by atoms with Crippen LogP contribution in [-0.2, 0) is 0 Å². The van der Waals surface area contributed by atoms with Crippen LogP contribution in [0.15, 0.2) is 18.2 Å². The first-order valence-electron chi connectivity index (χ1n) is 15.1. The number of nitrogens with zero attached hydrogens (tertiary/aromatic N) is 5. The van der Waals surface area contributed by atoms with E-state index in [1.807, 2.05) is 20.2 Å². The van der Waals surface area contributed by atoms with Crippen molar-refractivity contribution in [3.63, 3.8) is 0 Å². The Kier molecular flexibility index (Phi) is 7.51. The van der Waals surface area contributed by atoms with Gasteiger partial charge < -0.3 is 20.7 Å². The molecule has 4 heterocycles. The SMILES string of the molecule is CN(C)C1(CNc2nc(OC[C@@]34CCCN3C[C@H](F)C4)nc3c(F)c(-c4ccc(F)c5sc(N)c(C#N)c45)c(Cl)cc23)CCC1. The molecule has 13 heteroatoms. The first kappa shape index (κ1) is 30.3. The summed E-state index contributed by atoms with van der Waals surface area (Å²) in [6.45, 7) is 1.93. The third-order valence-corrected chi connectivity index (χ3v) is 11.4. The number of nitriles is 1. The smallest absolute Gasteiger partial charge is 0.319 e. The molecule has 0 spiro atoms. The second-order valence-corrected chi connectivity index (χ2v) is 14.2. The van der Waals surface area contributed by atoms with E-state index in [2.05, 4.69) is 25.1 Å². The molecule has 2 aliphatic heterocycles. The lowest BCUT2D eigenvalue weighted by Crippen LogP contribution is -2.54. The van der Waals surface area contributed by atoms with Crippen LogP contribution in [0.5, 0.6) is 6.01 Å². The number of aromatic nitrogens is 2. The summed E-state index contributed by atoms with van der Waals surface area (Å²) in [4.78, 5) is 13.5. The van der Waals surface area contributed by atoms with E-state index >= 15 is 4.39 Å². The van der Waals surface area contributed by atoms with Gasteiger partial charge in [0.15, 0.2) is 5.82 Å². The van der Waals surface area contributed by atoms with Crippen molar-refractivity contribution in [3.8, 4) is 23.2 Å². The number of nitrogens with two attached hydrogens (primary N) is 1. The van der Waals surface area contributed by atoms with E-state index in [4.69, 9.17) is 22.1 Å². The molecule has 2 aromatic carbocycles. The van der Waals surface area contributed by atoms with Gasteiger partial charge in [-0.3, -0.25) is 4.90 Å². The summed E-state index contributed by atoms with van der Waals surface area (Å²) in [7, 11) is 4.08. The highest BCUT2D eigenvalue weighted by atomic mass is 35.5. The number of nitrogens with one attached hydrogen (secondary N) is 1. The van der Waals surface area contributed by atoms with Crippen LogP contribution < -0.4 is 15.8 Å². The molecule has 0 unspecified atom stereocenters. The number of likely N-dealkylation sites (N-methyl/N-ethyl adjacent to an activating group) is 1. The number of nitrogen functional groups attached to an aromatic ring is 1. The molecule has 0 radical (unpaired) electrons. The topological polar surface area (TPSA) is 103 Å². The summed E-state index contributed by atoms with van der Waals surface area (Å²) in [5.74, 6) is -0.958.